The van der Waals surface area contributed by atoms with E-state index in [-0.39, 0.29) is 10.5 Å². The van der Waals surface area contributed by atoms with Crippen LogP contribution in [-0.2, 0) is 0 Å². The predicted molar refractivity (Wildman–Crippen MR) is 107 cm³/mol. The highest BCUT2D eigenvalue weighted by Gasteiger charge is 2.14. The summed E-state index contributed by atoms with van der Waals surface area (Å²) in [5.74, 6) is 1.72. The van der Waals surface area contributed by atoms with Gasteiger partial charge in [0.15, 0.2) is 0 Å². The summed E-state index contributed by atoms with van der Waals surface area (Å²) in [7, 11) is 6.91. The largest absolute Gasteiger partial charge is 0.497 e. The van der Waals surface area contributed by atoms with E-state index in [4.69, 9.17) is 9.47 Å². The summed E-state index contributed by atoms with van der Waals surface area (Å²) in [6.07, 6.45) is 3.93. The van der Waals surface area contributed by atoms with Gasteiger partial charge in [0.05, 0.1) is 24.7 Å². The SMILES string of the molecule is C=CC(SSC(C=C)c1ccc(OC)cc1)c1ccc(OC)cc1. The molecule has 0 aromatic heterocycles. The Hall–Kier alpha value is -1.78. The smallest absolute Gasteiger partial charge is 0.118 e. The molecular formula is C20H22O2S2. The number of ether oxygens (including phenoxy) is 2. The van der Waals surface area contributed by atoms with Crippen LogP contribution in [0.15, 0.2) is 73.8 Å². The van der Waals surface area contributed by atoms with Crippen LogP contribution in [0.2, 0.25) is 0 Å². The standard InChI is InChI=1S/C20H22O2S2/c1-5-19(15-7-11-17(21-3)12-8-15)23-24-20(6-2)16-9-13-18(22-4)14-10-16/h5-14,19-20H,1-2H2,3-4H3. The van der Waals surface area contributed by atoms with E-state index in [0.717, 1.165) is 11.5 Å². The van der Waals surface area contributed by atoms with Gasteiger partial charge in [-0.25, -0.2) is 0 Å². The van der Waals surface area contributed by atoms with E-state index in [1.165, 1.54) is 11.1 Å². The van der Waals surface area contributed by atoms with Crippen LogP contribution in [0.4, 0.5) is 0 Å². The zero-order valence-corrected chi connectivity index (χ0v) is 15.6. The van der Waals surface area contributed by atoms with Gasteiger partial charge in [0, 0.05) is 0 Å². The van der Waals surface area contributed by atoms with E-state index < -0.39 is 0 Å². The predicted octanol–water partition coefficient (Wildman–Crippen LogP) is 6.24. The number of hydrogen-bond acceptors (Lipinski definition) is 4. The van der Waals surface area contributed by atoms with E-state index in [1.807, 2.05) is 36.4 Å². The molecule has 0 fully saturated rings. The Morgan fingerprint density at radius 3 is 1.29 bits per heavy atom. The van der Waals surface area contributed by atoms with Crippen LogP contribution in [0, 0.1) is 0 Å². The molecule has 0 aliphatic heterocycles. The summed E-state index contributed by atoms with van der Waals surface area (Å²) >= 11 is 0. The zero-order chi connectivity index (χ0) is 17.4. The molecule has 0 heterocycles. The summed E-state index contributed by atoms with van der Waals surface area (Å²) in [6.45, 7) is 7.94. The maximum Gasteiger partial charge on any atom is 0.118 e. The van der Waals surface area contributed by atoms with E-state index in [1.54, 1.807) is 35.8 Å². The molecule has 0 N–H and O–H groups in total. The Labute approximate surface area is 152 Å². The molecule has 2 nitrogen and oxygen atoms in total. The second-order valence-corrected chi connectivity index (χ2v) is 7.61. The Balaban J connectivity index is 2.03. The zero-order valence-electron chi connectivity index (χ0n) is 14.0. The lowest BCUT2D eigenvalue weighted by atomic mass is 10.1. The molecule has 0 amide bonds. The average molecular weight is 359 g/mol. The van der Waals surface area contributed by atoms with E-state index >= 15 is 0 Å². The summed E-state index contributed by atoms with van der Waals surface area (Å²) in [6, 6.07) is 16.2. The van der Waals surface area contributed by atoms with Gasteiger partial charge >= 0.3 is 0 Å². The van der Waals surface area contributed by atoms with Crippen molar-refractivity contribution >= 4 is 21.6 Å². The van der Waals surface area contributed by atoms with Crippen LogP contribution in [-0.4, -0.2) is 14.2 Å². The minimum absolute atomic E-state index is 0.210. The lowest BCUT2D eigenvalue weighted by Gasteiger charge is -2.17. The lowest BCUT2D eigenvalue weighted by Crippen LogP contribution is -1.92. The van der Waals surface area contributed by atoms with Gasteiger partial charge in [0.1, 0.15) is 11.5 Å². The molecular weight excluding hydrogens is 336 g/mol. The third-order valence-corrected chi connectivity index (χ3v) is 6.61. The van der Waals surface area contributed by atoms with Crippen molar-refractivity contribution in [3.05, 3.63) is 85.0 Å². The van der Waals surface area contributed by atoms with Crippen molar-refractivity contribution < 1.29 is 9.47 Å². The van der Waals surface area contributed by atoms with Crippen LogP contribution in [0.1, 0.15) is 21.6 Å². The van der Waals surface area contributed by atoms with Crippen molar-refractivity contribution in [3.63, 3.8) is 0 Å². The van der Waals surface area contributed by atoms with Crippen LogP contribution >= 0.6 is 21.6 Å². The molecule has 126 valence electrons. The average Bonchev–Trinajstić information content (AvgIpc) is 2.66. The van der Waals surface area contributed by atoms with Gasteiger partial charge in [-0.1, -0.05) is 58.0 Å². The Morgan fingerprint density at radius 1 is 0.708 bits per heavy atom. The summed E-state index contributed by atoms with van der Waals surface area (Å²) in [5, 5.41) is 0.420. The highest BCUT2D eigenvalue weighted by molar-refractivity contribution is 8.76. The van der Waals surface area contributed by atoms with Crippen molar-refractivity contribution in [2.24, 2.45) is 0 Å². The normalized spacial score (nSPS) is 12.9. The van der Waals surface area contributed by atoms with Gasteiger partial charge in [0.2, 0.25) is 0 Å². The van der Waals surface area contributed by atoms with Crippen molar-refractivity contribution in [2.75, 3.05) is 14.2 Å². The quantitative estimate of drug-likeness (QED) is 0.390. The molecule has 0 spiro atoms. The maximum absolute atomic E-state index is 5.21. The van der Waals surface area contributed by atoms with E-state index in [9.17, 15) is 0 Å². The minimum Gasteiger partial charge on any atom is -0.497 e. The molecule has 0 saturated carbocycles. The maximum atomic E-state index is 5.21. The molecule has 2 unspecified atom stereocenters. The first-order valence-electron chi connectivity index (χ1n) is 7.57. The summed E-state index contributed by atoms with van der Waals surface area (Å²) in [5.41, 5.74) is 2.42. The van der Waals surface area contributed by atoms with Crippen molar-refractivity contribution in [1.29, 1.82) is 0 Å². The molecule has 2 rings (SSSR count). The van der Waals surface area contributed by atoms with Gasteiger partial charge in [-0.3, -0.25) is 0 Å². The van der Waals surface area contributed by atoms with Gasteiger partial charge in [0.25, 0.3) is 0 Å². The molecule has 0 radical (unpaired) electrons. The first-order chi connectivity index (χ1) is 11.7. The third kappa shape index (κ3) is 4.86. The van der Waals surface area contributed by atoms with E-state index in [2.05, 4.69) is 37.4 Å². The number of methoxy groups -OCH3 is 2. The molecule has 0 aliphatic rings. The molecule has 24 heavy (non-hydrogen) atoms. The number of benzene rings is 2. The number of hydrogen-bond donors (Lipinski definition) is 0. The van der Waals surface area contributed by atoms with Gasteiger partial charge in [-0.2, -0.15) is 0 Å². The van der Waals surface area contributed by atoms with E-state index in [0.29, 0.717) is 0 Å². The fraction of sp³-hybridized carbons (Fsp3) is 0.200. The fourth-order valence-electron chi connectivity index (χ4n) is 2.17. The van der Waals surface area contributed by atoms with Gasteiger partial charge in [-0.05, 0) is 35.4 Å². The first-order valence-corrected chi connectivity index (χ1v) is 9.84. The molecule has 2 atom stereocenters. The Bertz CT molecular complexity index is 591. The van der Waals surface area contributed by atoms with Gasteiger partial charge < -0.3 is 9.47 Å². The van der Waals surface area contributed by atoms with Crippen molar-refractivity contribution in [2.45, 2.75) is 10.5 Å². The molecule has 0 aliphatic carbocycles. The first kappa shape index (κ1) is 18.6. The highest BCUT2D eigenvalue weighted by Crippen LogP contribution is 2.47. The second kappa shape index (κ2) is 9.50. The van der Waals surface area contributed by atoms with Crippen molar-refractivity contribution in [1.82, 2.24) is 0 Å². The monoisotopic (exact) mass is 358 g/mol. The molecule has 2 aromatic rings. The number of rotatable bonds is 9. The fourth-order valence-corrected chi connectivity index (χ4v) is 4.96. The van der Waals surface area contributed by atoms with Crippen LogP contribution < -0.4 is 9.47 Å². The molecule has 2 aromatic carbocycles. The highest BCUT2D eigenvalue weighted by atomic mass is 33.1. The second-order valence-electron chi connectivity index (χ2n) is 5.05. The van der Waals surface area contributed by atoms with Gasteiger partial charge in [-0.15, -0.1) is 13.2 Å². The minimum atomic E-state index is 0.210. The topological polar surface area (TPSA) is 18.5 Å². The van der Waals surface area contributed by atoms with Crippen molar-refractivity contribution in [3.8, 4) is 11.5 Å². The molecule has 4 heteroatoms. The van der Waals surface area contributed by atoms with Crippen LogP contribution in [0.3, 0.4) is 0 Å². The summed E-state index contributed by atoms with van der Waals surface area (Å²) in [4.78, 5) is 0. The molecule has 0 bridgehead atoms. The Morgan fingerprint density at radius 2 is 1.04 bits per heavy atom. The third-order valence-electron chi connectivity index (χ3n) is 3.58. The van der Waals surface area contributed by atoms with Crippen LogP contribution in [0.25, 0.3) is 0 Å². The lowest BCUT2D eigenvalue weighted by molar-refractivity contribution is 0.414. The summed E-state index contributed by atoms with van der Waals surface area (Å²) < 4.78 is 10.4. The van der Waals surface area contributed by atoms with Crippen LogP contribution in [0.5, 0.6) is 11.5 Å². The Kier molecular flexibility index (Phi) is 7.35. The molecule has 0 saturated heterocycles.